The maximum Gasteiger partial charge on any atom is 0.258 e. The summed E-state index contributed by atoms with van der Waals surface area (Å²) in [6.07, 6.45) is 2.40. The van der Waals surface area contributed by atoms with Crippen LogP contribution in [0.1, 0.15) is 18.4 Å². The number of hydrogen-bond donors (Lipinski definition) is 1. The number of rotatable bonds is 6. The predicted molar refractivity (Wildman–Crippen MR) is 112 cm³/mol. The van der Waals surface area contributed by atoms with Gasteiger partial charge in [0, 0.05) is 30.0 Å². The summed E-state index contributed by atoms with van der Waals surface area (Å²) in [5.74, 6) is 1.40. The first-order valence-electron chi connectivity index (χ1n) is 9.48. The van der Waals surface area contributed by atoms with E-state index in [9.17, 15) is 4.79 Å². The summed E-state index contributed by atoms with van der Waals surface area (Å²) in [6, 6.07) is 17.3. The molecule has 2 aromatic carbocycles. The van der Waals surface area contributed by atoms with Gasteiger partial charge in [0.15, 0.2) is 6.61 Å². The molecule has 3 aromatic rings. The van der Waals surface area contributed by atoms with Crippen LogP contribution in [0.3, 0.4) is 0 Å². The zero-order valence-electron chi connectivity index (χ0n) is 15.5. The Hall–Kier alpha value is -2.79. The van der Waals surface area contributed by atoms with E-state index >= 15 is 0 Å². The van der Waals surface area contributed by atoms with Crippen LogP contribution >= 0.6 is 11.6 Å². The van der Waals surface area contributed by atoms with Gasteiger partial charge in [-0.1, -0.05) is 35.9 Å². The van der Waals surface area contributed by atoms with Crippen molar-refractivity contribution in [1.29, 1.82) is 0 Å². The molecule has 0 aliphatic carbocycles. The first-order chi connectivity index (χ1) is 13.7. The molecule has 0 spiro atoms. The van der Waals surface area contributed by atoms with Gasteiger partial charge >= 0.3 is 0 Å². The molecule has 144 valence electrons. The highest BCUT2D eigenvalue weighted by atomic mass is 35.5. The Bertz CT molecular complexity index is 986. The third-order valence-corrected chi connectivity index (χ3v) is 5.07. The fourth-order valence-electron chi connectivity index (χ4n) is 3.39. The first kappa shape index (κ1) is 18.6. The third-order valence-electron chi connectivity index (χ3n) is 4.84. The molecule has 1 fully saturated rings. The molecule has 28 heavy (non-hydrogen) atoms. The average Bonchev–Trinajstić information content (AvgIpc) is 3.25. The zero-order valence-corrected chi connectivity index (χ0v) is 16.3. The van der Waals surface area contributed by atoms with Crippen LogP contribution in [0.2, 0.25) is 5.02 Å². The number of anilines is 1. The van der Waals surface area contributed by atoms with Crippen molar-refractivity contribution in [3.63, 3.8) is 0 Å². The summed E-state index contributed by atoms with van der Waals surface area (Å²) in [6.45, 7) is 2.42. The van der Waals surface area contributed by atoms with Crippen LogP contribution in [-0.4, -0.2) is 30.6 Å². The number of ether oxygens (including phenoxy) is 1. The van der Waals surface area contributed by atoms with Crippen LogP contribution in [0, 0.1) is 0 Å². The van der Waals surface area contributed by atoms with Crippen LogP contribution < -0.4 is 15.0 Å². The quantitative estimate of drug-likeness (QED) is 0.680. The van der Waals surface area contributed by atoms with Gasteiger partial charge in [-0.2, -0.15) is 0 Å². The van der Waals surface area contributed by atoms with Crippen molar-refractivity contribution in [3.8, 4) is 5.75 Å². The van der Waals surface area contributed by atoms with Crippen molar-refractivity contribution < 1.29 is 9.53 Å². The van der Waals surface area contributed by atoms with E-state index in [0.29, 0.717) is 17.3 Å². The van der Waals surface area contributed by atoms with Gasteiger partial charge in [0.25, 0.3) is 5.91 Å². The average molecular weight is 396 g/mol. The number of carbonyl (C=O) groups is 1. The molecule has 6 heteroatoms. The molecular formula is C22H22ClN3O2. The Morgan fingerprint density at radius 3 is 2.75 bits per heavy atom. The summed E-state index contributed by atoms with van der Waals surface area (Å²) in [7, 11) is 0. The van der Waals surface area contributed by atoms with Crippen molar-refractivity contribution in [2.45, 2.75) is 19.4 Å². The Balaban J connectivity index is 1.42. The fraction of sp³-hybridized carbons (Fsp3) is 0.273. The predicted octanol–water partition coefficient (Wildman–Crippen LogP) is 4.18. The normalized spacial score (nSPS) is 13.7. The molecule has 0 radical (unpaired) electrons. The molecular weight excluding hydrogens is 374 g/mol. The number of benzene rings is 2. The van der Waals surface area contributed by atoms with Gasteiger partial charge in [0.1, 0.15) is 17.1 Å². The number of para-hydroxylation sites is 1. The van der Waals surface area contributed by atoms with Crippen molar-refractivity contribution in [3.05, 3.63) is 65.2 Å². The lowest BCUT2D eigenvalue weighted by Crippen LogP contribution is -2.28. The van der Waals surface area contributed by atoms with E-state index in [1.807, 2.05) is 36.4 Å². The van der Waals surface area contributed by atoms with E-state index in [2.05, 4.69) is 22.3 Å². The second-order valence-corrected chi connectivity index (χ2v) is 7.32. The van der Waals surface area contributed by atoms with E-state index in [4.69, 9.17) is 21.3 Å². The van der Waals surface area contributed by atoms with Crippen LogP contribution in [0.15, 0.2) is 54.6 Å². The molecule has 0 saturated carbocycles. The number of halogens is 1. The minimum Gasteiger partial charge on any atom is -0.481 e. The summed E-state index contributed by atoms with van der Waals surface area (Å²) in [4.78, 5) is 19.3. The Labute approximate surface area is 169 Å². The highest BCUT2D eigenvalue weighted by Gasteiger charge is 2.15. The lowest BCUT2D eigenvalue weighted by Gasteiger charge is -2.17. The van der Waals surface area contributed by atoms with Gasteiger partial charge in [-0.3, -0.25) is 4.79 Å². The molecule has 5 nitrogen and oxygen atoms in total. The number of hydrogen-bond acceptors (Lipinski definition) is 4. The van der Waals surface area contributed by atoms with Crippen molar-refractivity contribution in [2.75, 3.05) is 24.6 Å². The molecule has 1 saturated heterocycles. The monoisotopic (exact) mass is 395 g/mol. The standard InChI is InChI=1S/C22H22ClN3O2/c23-18-7-3-5-16(13-18)14-24-21(27)15-28-19-8-4-6-17-9-10-20(25-22(17)19)26-11-1-2-12-26/h3-10,13H,1-2,11-12,14-15H2,(H,24,27). The molecule has 4 rings (SSSR count). The molecule has 0 atom stereocenters. The first-order valence-corrected chi connectivity index (χ1v) is 9.85. The van der Waals surface area contributed by atoms with Gasteiger partial charge in [-0.15, -0.1) is 0 Å². The van der Waals surface area contributed by atoms with Crippen molar-refractivity contribution >= 4 is 34.2 Å². The molecule has 1 aliphatic heterocycles. The van der Waals surface area contributed by atoms with Crippen LogP contribution in [0.5, 0.6) is 5.75 Å². The maximum atomic E-state index is 12.2. The van der Waals surface area contributed by atoms with E-state index in [0.717, 1.165) is 35.4 Å². The molecule has 0 bridgehead atoms. The highest BCUT2D eigenvalue weighted by molar-refractivity contribution is 6.30. The molecule has 1 N–H and O–H groups in total. The van der Waals surface area contributed by atoms with E-state index in [1.54, 1.807) is 6.07 Å². The Kier molecular flexibility index (Phi) is 5.63. The third kappa shape index (κ3) is 4.37. The SMILES string of the molecule is O=C(COc1cccc2ccc(N3CCCC3)nc12)NCc1cccc(Cl)c1. The molecule has 2 heterocycles. The van der Waals surface area contributed by atoms with Gasteiger partial charge < -0.3 is 15.0 Å². The largest absolute Gasteiger partial charge is 0.481 e. The van der Waals surface area contributed by atoms with Gasteiger partial charge in [0.2, 0.25) is 0 Å². The minimum absolute atomic E-state index is 0.0602. The molecule has 1 amide bonds. The summed E-state index contributed by atoms with van der Waals surface area (Å²) in [5.41, 5.74) is 1.73. The number of nitrogens with zero attached hydrogens (tertiary/aromatic N) is 2. The zero-order chi connectivity index (χ0) is 19.3. The second-order valence-electron chi connectivity index (χ2n) is 6.89. The van der Waals surface area contributed by atoms with Gasteiger partial charge in [0.05, 0.1) is 0 Å². The molecule has 0 unspecified atom stereocenters. The summed E-state index contributed by atoms with van der Waals surface area (Å²) in [5, 5.41) is 4.50. The van der Waals surface area contributed by atoms with E-state index in [-0.39, 0.29) is 12.5 Å². The number of aromatic nitrogens is 1. The number of carbonyl (C=O) groups excluding carboxylic acids is 1. The fourth-order valence-corrected chi connectivity index (χ4v) is 3.60. The highest BCUT2D eigenvalue weighted by Crippen LogP contribution is 2.27. The van der Waals surface area contributed by atoms with Crippen LogP contribution in [0.25, 0.3) is 10.9 Å². The smallest absolute Gasteiger partial charge is 0.258 e. The van der Waals surface area contributed by atoms with Crippen LogP contribution in [-0.2, 0) is 11.3 Å². The Morgan fingerprint density at radius 1 is 1.11 bits per heavy atom. The molecule has 1 aliphatic rings. The number of amides is 1. The minimum atomic E-state index is -0.187. The van der Waals surface area contributed by atoms with Gasteiger partial charge in [-0.05, 0) is 48.7 Å². The van der Waals surface area contributed by atoms with Gasteiger partial charge in [-0.25, -0.2) is 4.98 Å². The summed E-state index contributed by atoms with van der Waals surface area (Å²) >= 11 is 5.97. The molecule has 1 aromatic heterocycles. The number of nitrogens with one attached hydrogen (secondary N) is 1. The Morgan fingerprint density at radius 2 is 1.93 bits per heavy atom. The maximum absolute atomic E-state index is 12.2. The lowest BCUT2D eigenvalue weighted by molar-refractivity contribution is -0.123. The summed E-state index contributed by atoms with van der Waals surface area (Å²) < 4.78 is 5.79. The number of pyridine rings is 1. The number of fused-ring (bicyclic) bond motifs is 1. The topological polar surface area (TPSA) is 54.5 Å². The van der Waals surface area contributed by atoms with Crippen LogP contribution in [0.4, 0.5) is 5.82 Å². The van der Waals surface area contributed by atoms with E-state index < -0.39 is 0 Å². The van der Waals surface area contributed by atoms with Crippen molar-refractivity contribution in [2.24, 2.45) is 0 Å². The lowest BCUT2D eigenvalue weighted by atomic mass is 10.2. The van der Waals surface area contributed by atoms with Crippen molar-refractivity contribution in [1.82, 2.24) is 10.3 Å². The van der Waals surface area contributed by atoms with E-state index in [1.165, 1.54) is 12.8 Å². The second kappa shape index (κ2) is 8.48.